The van der Waals surface area contributed by atoms with Crippen molar-refractivity contribution in [1.29, 1.82) is 0 Å². The molecule has 142 valence electrons. The van der Waals surface area contributed by atoms with E-state index in [1.165, 1.54) is 11.8 Å². The van der Waals surface area contributed by atoms with E-state index in [4.69, 9.17) is 15.9 Å². The second-order valence-corrected chi connectivity index (χ2v) is 6.21. The fraction of sp³-hybridized carbons (Fsp3) is 0.600. The molecular formula is C15H25N3O6S. The van der Waals surface area contributed by atoms with E-state index in [-0.39, 0.29) is 18.6 Å². The monoisotopic (exact) mass is 375 g/mol. The fourth-order valence-corrected chi connectivity index (χ4v) is 2.51. The van der Waals surface area contributed by atoms with Crippen molar-refractivity contribution in [2.75, 3.05) is 18.1 Å². The highest BCUT2D eigenvalue weighted by molar-refractivity contribution is 7.99. The summed E-state index contributed by atoms with van der Waals surface area (Å²) in [7, 11) is 0. The van der Waals surface area contributed by atoms with Crippen molar-refractivity contribution in [2.24, 2.45) is 5.73 Å². The van der Waals surface area contributed by atoms with Gasteiger partial charge in [-0.2, -0.15) is 11.8 Å². The Hall–Kier alpha value is -2.07. The summed E-state index contributed by atoms with van der Waals surface area (Å²) in [6.07, 6.45) is 4.60. The highest BCUT2D eigenvalue weighted by Gasteiger charge is 2.22. The smallest absolute Gasteiger partial charge is 0.322 e. The van der Waals surface area contributed by atoms with Crippen LogP contribution in [-0.4, -0.2) is 64.1 Å². The van der Waals surface area contributed by atoms with E-state index >= 15 is 0 Å². The van der Waals surface area contributed by atoms with Crippen molar-refractivity contribution in [3.05, 3.63) is 12.2 Å². The standard InChI is InChI=1S/C15H25N3O6S/c1-2-3-4-7-25-9-11(14(22)17-8-13(20)21)18-12(19)6-5-10(16)15(23)24/h3-4,10-11H,2,5-9,16H2,1H3,(H,17,22)(H,18,19)(H,20,21)(H,23,24)/t10-,11-/m0/s1. The van der Waals surface area contributed by atoms with Crippen molar-refractivity contribution in [3.8, 4) is 0 Å². The molecule has 0 aromatic rings. The van der Waals surface area contributed by atoms with Gasteiger partial charge in [-0.1, -0.05) is 19.1 Å². The average Bonchev–Trinajstić information content (AvgIpc) is 2.55. The lowest BCUT2D eigenvalue weighted by Crippen LogP contribution is -2.49. The Morgan fingerprint density at radius 3 is 2.44 bits per heavy atom. The number of carbonyl (C=O) groups excluding carboxylic acids is 2. The van der Waals surface area contributed by atoms with Gasteiger partial charge in [0.1, 0.15) is 18.6 Å². The molecule has 0 heterocycles. The Kier molecular flexibility index (Phi) is 12.1. The molecule has 0 aromatic heterocycles. The first kappa shape index (κ1) is 22.9. The summed E-state index contributed by atoms with van der Waals surface area (Å²) >= 11 is 1.41. The number of carboxylic acids is 2. The van der Waals surface area contributed by atoms with E-state index in [2.05, 4.69) is 10.6 Å². The molecule has 0 radical (unpaired) electrons. The van der Waals surface area contributed by atoms with E-state index < -0.39 is 42.4 Å². The van der Waals surface area contributed by atoms with E-state index in [1.807, 2.05) is 19.1 Å². The average molecular weight is 375 g/mol. The Labute approximate surface area is 150 Å². The van der Waals surface area contributed by atoms with Gasteiger partial charge in [0.15, 0.2) is 0 Å². The summed E-state index contributed by atoms with van der Waals surface area (Å²) in [5.74, 6) is -2.61. The highest BCUT2D eigenvalue weighted by Crippen LogP contribution is 2.05. The number of aliphatic carboxylic acids is 2. The fourth-order valence-electron chi connectivity index (χ4n) is 1.63. The second kappa shape index (κ2) is 13.2. The van der Waals surface area contributed by atoms with Gasteiger partial charge in [-0.05, 0) is 12.8 Å². The van der Waals surface area contributed by atoms with Crippen LogP contribution >= 0.6 is 11.8 Å². The number of allylic oxidation sites excluding steroid dienone is 1. The van der Waals surface area contributed by atoms with Crippen molar-refractivity contribution in [2.45, 2.75) is 38.3 Å². The molecule has 0 aliphatic rings. The van der Waals surface area contributed by atoms with Gasteiger partial charge in [0, 0.05) is 17.9 Å². The summed E-state index contributed by atoms with van der Waals surface area (Å²) in [5.41, 5.74) is 5.33. The molecule has 0 rings (SSSR count). The number of thioether (sulfide) groups is 1. The van der Waals surface area contributed by atoms with Crippen LogP contribution in [0.5, 0.6) is 0 Å². The Morgan fingerprint density at radius 2 is 1.88 bits per heavy atom. The number of carboxylic acid groups (broad SMARTS) is 2. The maximum absolute atomic E-state index is 12.0. The van der Waals surface area contributed by atoms with Crippen LogP contribution in [0, 0.1) is 0 Å². The Balaban J connectivity index is 4.56. The molecule has 25 heavy (non-hydrogen) atoms. The SMILES string of the molecule is CCC=CCSC[C@H](NC(=O)CC[C@H](N)C(=O)O)C(=O)NCC(=O)O. The first-order valence-electron chi connectivity index (χ1n) is 7.77. The lowest BCUT2D eigenvalue weighted by atomic mass is 10.1. The number of amides is 2. The molecule has 0 fully saturated rings. The number of hydrogen-bond donors (Lipinski definition) is 5. The molecule has 6 N–H and O–H groups in total. The molecule has 9 nitrogen and oxygen atoms in total. The van der Waals surface area contributed by atoms with Crippen LogP contribution in [0.25, 0.3) is 0 Å². The third-order valence-electron chi connectivity index (χ3n) is 2.97. The third kappa shape index (κ3) is 12.0. The van der Waals surface area contributed by atoms with E-state index in [1.54, 1.807) is 0 Å². The minimum Gasteiger partial charge on any atom is -0.480 e. The van der Waals surface area contributed by atoms with Crippen LogP contribution in [-0.2, 0) is 19.2 Å². The molecule has 0 spiro atoms. The summed E-state index contributed by atoms with van der Waals surface area (Å²) in [5, 5.41) is 22.0. The zero-order valence-corrected chi connectivity index (χ0v) is 14.9. The molecular weight excluding hydrogens is 350 g/mol. The minimum absolute atomic E-state index is 0.0585. The minimum atomic E-state index is -1.21. The van der Waals surface area contributed by atoms with Crippen molar-refractivity contribution >= 4 is 35.5 Å². The summed E-state index contributed by atoms with van der Waals surface area (Å²) in [4.78, 5) is 45.1. The van der Waals surface area contributed by atoms with Gasteiger partial charge in [-0.3, -0.25) is 19.2 Å². The molecule has 2 atom stereocenters. The molecule has 2 amide bonds. The van der Waals surface area contributed by atoms with Crippen molar-refractivity contribution in [3.63, 3.8) is 0 Å². The lowest BCUT2D eigenvalue weighted by Gasteiger charge is -2.18. The first-order valence-corrected chi connectivity index (χ1v) is 8.93. The first-order chi connectivity index (χ1) is 11.8. The Bertz CT molecular complexity index is 498. The molecule has 0 aromatic carbocycles. The van der Waals surface area contributed by atoms with Crippen LogP contribution in [0.1, 0.15) is 26.2 Å². The maximum atomic E-state index is 12.0. The summed E-state index contributed by atoms with van der Waals surface area (Å²) < 4.78 is 0. The van der Waals surface area contributed by atoms with Crippen molar-refractivity contribution < 1.29 is 29.4 Å². The molecule has 0 saturated heterocycles. The van der Waals surface area contributed by atoms with Gasteiger partial charge in [-0.25, -0.2) is 0 Å². The van der Waals surface area contributed by atoms with Gasteiger partial charge >= 0.3 is 11.9 Å². The van der Waals surface area contributed by atoms with E-state index in [9.17, 15) is 19.2 Å². The van der Waals surface area contributed by atoms with Crippen molar-refractivity contribution in [1.82, 2.24) is 10.6 Å². The zero-order chi connectivity index (χ0) is 19.2. The van der Waals surface area contributed by atoms with Crippen LogP contribution in [0.2, 0.25) is 0 Å². The van der Waals surface area contributed by atoms with Crippen LogP contribution < -0.4 is 16.4 Å². The molecule has 0 saturated carbocycles. The predicted octanol–water partition coefficient (Wildman–Crippen LogP) is -0.436. The number of hydrogen-bond acceptors (Lipinski definition) is 6. The normalized spacial score (nSPS) is 13.2. The Morgan fingerprint density at radius 1 is 1.20 bits per heavy atom. The van der Waals surface area contributed by atoms with E-state index in [0.717, 1.165) is 6.42 Å². The van der Waals surface area contributed by atoms with E-state index in [0.29, 0.717) is 5.75 Å². The number of nitrogens with two attached hydrogens (primary N) is 1. The largest absolute Gasteiger partial charge is 0.480 e. The molecule has 0 aliphatic heterocycles. The van der Waals surface area contributed by atoms with Crippen LogP contribution in [0.15, 0.2) is 12.2 Å². The summed E-state index contributed by atoms with van der Waals surface area (Å²) in [6, 6.07) is -2.06. The summed E-state index contributed by atoms with van der Waals surface area (Å²) in [6.45, 7) is 1.45. The van der Waals surface area contributed by atoms with Gasteiger partial charge < -0.3 is 26.6 Å². The third-order valence-corrected chi connectivity index (χ3v) is 3.96. The maximum Gasteiger partial charge on any atom is 0.322 e. The molecule has 0 unspecified atom stereocenters. The van der Waals surface area contributed by atoms with Crippen LogP contribution in [0.3, 0.4) is 0 Å². The van der Waals surface area contributed by atoms with Gasteiger partial charge in [0.2, 0.25) is 11.8 Å². The molecule has 10 heteroatoms. The number of nitrogens with one attached hydrogen (secondary N) is 2. The highest BCUT2D eigenvalue weighted by atomic mass is 32.2. The molecule has 0 aliphatic carbocycles. The van der Waals surface area contributed by atoms with Gasteiger partial charge in [0.05, 0.1) is 0 Å². The van der Waals surface area contributed by atoms with Gasteiger partial charge in [-0.15, -0.1) is 0 Å². The molecule has 0 bridgehead atoms. The number of carbonyl (C=O) groups is 4. The number of rotatable bonds is 13. The second-order valence-electron chi connectivity index (χ2n) is 5.13. The predicted molar refractivity (Wildman–Crippen MR) is 94.2 cm³/mol. The van der Waals surface area contributed by atoms with Crippen LogP contribution in [0.4, 0.5) is 0 Å². The zero-order valence-electron chi connectivity index (χ0n) is 14.1. The van der Waals surface area contributed by atoms with Gasteiger partial charge in [0.25, 0.3) is 0 Å². The lowest BCUT2D eigenvalue weighted by molar-refractivity contribution is -0.139. The quantitative estimate of drug-likeness (QED) is 0.214. The topological polar surface area (TPSA) is 159 Å².